The Balaban J connectivity index is 2.42. The molecule has 1 rings (SSSR count). The van der Waals surface area contributed by atoms with Gasteiger partial charge >= 0.3 is 0 Å². The fourth-order valence-electron chi connectivity index (χ4n) is 1.70. The van der Waals surface area contributed by atoms with Crippen LogP contribution < -0.4 is 5.32 Å². The van der Waals surface area contributed by atoms with E-state index in [2.05, 4.69) is 10.2 Å². The van der Waals surface area contributed by atoms with Gasteiger partial charge in [-0.1, -0.05) is 6.92 Å². The molecule has 2 unspecified atom stereocenters. The van der Waals surface area contributed by atoms with E-state index in [-0.39, 0.29) is 6.10 Å². The largest absolute Gasteiger partial charge is 0.390 e. The molecule has 1 fully saturated rings. The van der Waals surface area contributed by atoms with Crippen LogP contribution in [-0.4, -0.2) is 59.5 Å². The van der Waals surface area contributed by atoms with Crippen molar-refractivity contribution < 1.29 is 10.2 Å². The van der Waals surface area contributed by atoms with Crippen LogP contribution in [0.2, 0.25) is 0 Å². The molecule has 4 heteroatoms. The monoisotopic (exact) mass is 202 g/mol. The molecule has 0 radical (unpaired) electrons. The summed E-state index contributed by atoms with van der Waals surface area (Å²) in [4.78, 5) is 2.12. The first-order chi connectivity index (χ1) is 6.53. The van der Waals surface area contributed by atoms with E-state index < -0.39 is 5.60 Å². The first-order valence-electron chi connectivity index (χ1n) is 5.37. The lowest BCUT2D eigenvalue weighted by molar-refractivity contribution is 0.00809. The van der Waals surface area contributed by atoms with Gasteiger partial charge in [0, 0.05) is 32.7 Å². The van der Waals surface area contributed by atoms with E-state index in [1.165, 1.54) is 0 Å². The molecule has 14 heavy (non-hydrogen) atoms. The van der Waals surface area contributed by atoms with E-state index in [1.54, 1.807) is 0 Å². The summed E-state index contributed by atoms with van der Waals surface area (Å²) in [5, 5.41) is 22.6. The predicted octanol–water partition coefficient (Wildman–Crippen LogP) is -0.586. The molecule has 4 nitrogen and oxygen atoms in total. The first kappa shape index (κ1) is 11.9. The molecule has 1 aliphatic rings. The van der Waals surface area contributed by atoms with Gasteiger partial charge in [-0.15, -0.1) is 0 Å². The zero-order valence-electron chi connectivity index (χ0n) is 9.16. The van der Waals surface area contributed by atoms with Crippen LogP contribution in [0.1, 0.15) is 20.3 Å². The van der Waals surface area contributed by atoms with Gasteiger partial charge in [0.2, 0.25) is 0 Å². The average Bonchev–Trinajstić information content (AvgIpc) is 2.29. The minimum atomic E-state index is -0.635. The molecule has 0 aromatic carbocycles. The van der Waals surface area contributed by atoms with Crippen molar-refractivity contribution in [3.05, 3.63) is 0 Å². The van der Waals surface area contributed by atoms with Crippen LogP contribution in [0.15, 0.2) is 0 Å². The maximum absolute atomic E-state index is 9.91. The van der Waals surface area contributed by atoms with Crippen LogP contribution in [0.25, 0.3) is 0 Å². The molecule has 1 aliphatic heterocycles. The van der Waals surface area contributed by atoms with Crippen molar-refractivity contribution in [3.63, 3.8) is 0 Å². The van der Waals surface area contributed by atoms with Crippen molar-refractivity contribution in [3.8, 4) is 0 Å². The summed E-state index contributed by atoms with van der Waals surface area (Å²) >= 11 is 0. The summed E-state index contributed by atoms with van der Waals surface area (Å²) in [5.41, 5.74) is -0.635. The van der Waals surface area contributed by atoms with Gasteiger partial charge in [-0.05, 0) is 13.3 Å². The zero-order valence-corrected chi connectivity index (χ0v) is 9.16. The second-order valence-corrected chi connectivity index (χ2v) is 4.44. The summed E-state index contributed by atoms with van der Waals surface area (Å²) in [6, 6.07) is 0. The lowest BCUT2D eigenvalue weighted by atomic mass is 10.0. The van der Waals surface area contributed by atoms with Crippen LogP contribution in [0, 0.1) is 0 Å². The number of nitrogens with zero attached hydrogens (tertiary/aromatic N) is 1. The lowest BCUT2D eigenvalue weighted by Gasteiger charge is -2.30. The van der Waals surface area contributed by atoms with E-state index in [0.29, 0.717) is 19.6 Å². The second-order valence-electron chi connectivity index (χ2n) is 4.44. The Morgan fingerprint density at radius 3 is 2.93 bits per heavy atom. The third kappa shape index (κ3) is 3.92. The molecular formula is C10H22N2O2. The van der Waals surface area contributed by atoms with Crippen molar-refractivity contribution in [2.75, 3.05) is 32.7 Å². The van der Waals surface area contributed by atoms with Crippen molar-refractivity contribution >= 4 is 0 Å². The molecule has 0 aromatic rings. The Morgan fingerprint density at radius 2 is 2.29 bits per heavy atom. The normalized spacial score (nSPS) is 29.6. The molecule has 1 saturated heterocycles. The number of β-amino-alcohol motifs (C(OH)–C–C–N with tert-alkyl or cyclic N) is 2. The fourth-order valence-corrected chi connectivity index (χ4v) is 1.70. The molecule has 0 aromatic heterocycles. The van der Waals surface area contributed by atoms with Crippen LogP contribution in [0.5, 0.6) is 0 Å². The summed E-state index contributed by atoms with van der Waals surface area (Å²) in [6.45, 7) is 7.56. The Bertz CT molecular complexity index is 174. The summed E-state index contributed by atoms with van der Waals surface area (Å²) in [5.74, 6) is 0. The Morgan fingerprint density at radius 1 is 1.57 bits per heavy atom. The third-order valence-electron chi connectivity index (χ3n) is 2.78. The maximum Gasteiger partial charge on any atom is 0.0791 e. The number of rotatable bonds is 3. The molecule has 0 spiro atoms. The van der Waals surface area contributed by atoms with Crippen LogP contribution in [0.4, 0.5) is 0 Å². The average molecular weight is 202 g/mol. The highest BCUT2D eigenvalue weighted by Crippen LogP contribution is 2.11. The van der Waals surface area contributed by atoms with E-state index >= 15 is 0 Å². The third-order valence-corrected chi connectivity index (χ3v) is 2.78. The number of nitrogens with one attached hydrogen (secondary N) is 1. The van der Waals surface area contributed by atoms with Crippen LogP contribution in [0.3, 0.4) is 0 Å². The second kappa shape index (κ2) is 5.07. The first-order valence-corrected chi connectivity index (χ1v) is 5.37. The summed E-state index contributed by atoms with van der Waals surface area (Å²) in [6.07, 6.45) is 0.428. The van der Waals surface area contributed by atoms with Gasteiger partial charge in [-0.25, -0.2) is 0 Å². The van der Waals surface area contributed by atoms with E-state index in [4.69, 9.17) is 0 Å². The van der Waals surface area contributed by atoms with Crippen molar-refractivity contribution in [1.82, 2.24) is 10.2 Å². The number of aliphatic hydroxyl groups is 2. The maximum atomic E-state index is 9.91. The van der Waals surface area contributed by atoms with Gasteiger partial charge in [-0.3, -0.25) is 4.90 Å². The minimum Gasteiger partial charge on any atom is -0.390 e. The van der Waals surface area contributed by atoms with Gasteiger partial charge < -0.3 is 15.5 Å². The lowest BCUT2D eigenvalue weighted by Crippen LogP contribution is -2.43. The Kier molecular flexibility index (Phi) is 4.31. The smallest absolute Gasteiger partial charge is 0.0791 e. The number of aliphatic hydroxyl groups excluding tert-OH is 1. The quantitative estimate of drug-likeness (QED) is 0.573. The fraction of sp³-hybridized carbons (Fsp3) is 1.00. The summed E-state index contributed by atoms with van der Waals surface area (Å²) in [7, 11) is 0. The van der Waals surface area contributed by atoms with Gasteiger partial charge in [0.25, 0.3) is 0 Å². The van der Waals surface area contributed by atoms with Crippen molar-refractivity contribution in [2.24, 2.45) is 0 Å². The van der Waals surface area contributed by atoms with Crippen LogP contribution in [-0.2, 0) is 0 Å². The standard InChI is InChI=1S/C10H22N2O2/c1-3-10(2,14)8-12-5-4-11-6-9(13)7-12/h9,11,13-14H,3-8H2,1-2H3. The molecule has 0 saturated carbocycles. The van der Waals surface area contributed by atoms with Crippen LogP contribution >= 0.6 is 0 Å². The topological polar surface area (TPSA) is 55.7 Å². The zero-order chi connectivity index (χ0) is 10.6. The summed E-state index contributed by atoms with van der Waals surface area (Å²) < 4.78 is 0. The Hall–Kier alpha value is -0.160. The van der Waals surface area contributed by atoms with Gasteiger partial charge in [-0.2, -0.15) is 0 Å². The number of hydrogen-bond donors (Lipinski definition) is 3. The molecule has 3 N–H and O–H groups in total. The van der Waals surface area contributed by atoms with Gasteiger partial charge in [0.1, 0.15) is 0 Å². The van der Waals surface area contributed by atoms with Crippen molar-refractivity contribution in [2.45, 2.75) is 32.0 Å². The van der Waals surface area contributed by atoms with Gasteiger partial charge in [0.15, 0.2) is 0 Å². The predicted molar refractivity (Wildman–Crippen MR) is 56.2 cm³/mol. The molecule has 0 amide bonds. The highest BCUT2D eigenvalue weighted by molar-refractivity contribution is 4.80. The molecule has 84 valence electrons. The molecule has 0 aliphatic carbocycles. The SMILES string of the molecule is CCC(C)(O)CN1CCNCC(O)C1. The minimum absolute atomic E-state index is 0.315. The van der Waals surface area contributed by atoms with E-state index in [9.17, 15) is 10.2 Å². The molecule has 0 bridgehead atoms. The van der Waals surface area contributed by atoms with E-state index in [1.807, 2.05) is 13.8 Å². The van der Waals surface area contributed by atoms with E-state index in [0.717, 1.165) is 19.5 Å². The highest BCUT2D eigenvalue weighted by atomic mass is 16.3. The van der Waals surface area contributed by atoms with Crippen molar-refractivity contribution in [1.29, 1.82) is 0 Å². The number of hydrogen-bond acceptors (Lipinski definition) is 4. The van der Waals surface area contributed by atoms with Gasteiger partial charge in [0.05, 0.1) is 11.7 Å². The molecule has 1 heterocycles. The Labute approximate surface area is 85.9 Å². The molecular weight excluding hydrogens is 180 g/mol. The molecule has 2 atom stereocenters. The highest BCUT2D eigenvalue weighted by Gasteiger charge is 2.24.